The second-order valence-corrected chi connectivity index (χ2v) is 19.2. The molecule has 2 saturated heterocycles. The molecule has 0 spiro atoms. The van der Waals surface area contributed by atoms with Crippen LogP contribution in [0.25, 0.3) is 0 Å². The maximum Gasteiger partial charge on any atom is 0.311 e. The van der Waals surface area contributed by atoms with E-state index in [9.17, 15) is 48.5 Å². The first kappa shape index (κ1) is 46.9. The number of benzene rings is 4. The number of hydrogen-bond acceptors (Lipinski definition) is 8. The average Bonchev–Trinajstić information content (AvgIpc) is 4.02. The molecule has 2 amide bonds. The summed E-state index contributed by atoms with van der Waals surface area (Å²) >= 11 is 23.8. The molecule has 4 N–H and O–H groups in total. The van der Waals surface area contributed by atoms with Crippen LogP contribution in [0.1, 0.15) is 58.2 Å². The molecule has 1 atom stereocenters. The number of piperazine rings is 1. The largest absolute Gasteiger partial charge is 0.354 e. The Morgan fingerprint density at radius 1 is 0.672 bits per heavy atom. The summed E-state index contributed by atoms with van der Waals surface area (Å²) in [4.78, 5) is 34.7. The van der Waals surface area contributed by atoms with Crippen molar-refractivity contribution < 1.29 is 48.5 Å². The van der Waals surface area contributed by atoms with Gasteiger partial charge in [-0.05, 0) is 70.8 Å². The molecule has 2 fully saturated rings. The van der Waals surface area contributed by atoms with E-state index in [0.29, 0.717) is 22.3 Å². The van der Waals surface area contributed by atoms with Gasteiger partial charge < -0.3 is 20.2 Å². The van der Waals surface area contributed by atoms with Gasteiger partial charge in [0.1, 0.15) is 34.9 Å². The smallest absolute Gasteiger partial charge is 0.311 e. The minimum Gasteiger partial charge on any atom is -0.354 e. The molecule has 8 rings (SSSR count). The molecule has 0 radical (unpaired) electrons. The van der Waals surface area contributed by atoms with E-state index in [0.717, 1.165) is 28.8 Å². The average molecular weight is 1000 g/mol. The molecule has 14 nitrogen and oxygen atoms in total. The van der Waals surface area contributed by atoms with Crippen LogP contribution in [-0.2, 0) is 29.7 Å². The molecule has 0 saturated carbocycles. The number of aromatic amines is 1. The quantitative estimate of drug-likeness (QED) is 0.0807. The van der Waals surface area contributed by atoms with Gasteiger partial charge in [-0.1, -0.05) is 70.7 Å². The van der Waals surface area contributed by atoms with Crippen molar-refractivity contribution in [3.63, 3.8) is 0 Å². The maximum atomic E-state index is 13.8. The van der Waals surface area contributed by atoms with Crippen molar-refractivity contribution in [3.05, 3.63) is 162 Å². The lowest BCUT2D eigenvalue weighted by atomic mass is 9.90. The van der Waals surface area contributed by atoms with E-state index in [1.54, 1.807) is 0 Å². The van der Waals surface area contributed by atoms with Gasteiger partial charge in [-0.3, -0.25) is 14.1 Å². The zero-order valence-corrected chi connectivity index (χ0v) is 37.0. The van der Waals surface area contributed by atoms with Crippen LogP contribution in [0, 0.1) is 23.3 Å². The molecule has 0 aliphatic carbocycles. The number of halogens is 8. The number of rotatable bonds is 10. The molecule has 2 aliphatic rings. The highest BCUT2D eigenvalue weighted by atomic mass is 35.5. The Bertz CT molecular complexity index is 2930. The van der Waals surface area contributed by atoms with E-state index in [4.69, 9.17) is 46.4 Å². The van der Waals surface area contributed by atoms with Crippen molar-refractivity contribution in [1.82, 2.24) is 34.5 Å². The van der Waals surface area contributed by atoms with Crippen LogP contribution in [0.5, 0.6) is 0 Å². The highest BCUT2D eigenvalue weighted by Crippen LogP contribution is 2.39. The number of aromatic nitrogens is 4. The SMILES string of the molecule is O=C1CC(n2c(S(=O)(=O)O)cnc2C(c2ccc(F)c(Cl)c2)c2ccc(F)c(Cl)c2)CN1.O=C1CN(S(=O)(=O)c2cnc(C(c3ccc(F)c(Cl)c3)c3ccc(F)c(Cl)c3)[nH]2)CCN1. The molecule has 0 bridgehead atoms. The highest BCUT2D eigenvalue weighted by Gasteiger charge is 2.36. The van der Waals surface area contributed by atoms with Gasteiger partial charge in [0.15, 0.2) is 10.1 Å². The maximum absolute atomic E-state index is 13.8. The first-order valence-corrected chi connectivity index (χ1v) is 23.0. The zero-order chi connectivity index (χ0) is 46.2. The van der Waals surface area contributed by atoms with Gasteiger partial charge >= 0.3 is 10.1 Å². The molecule has 2 aromatic heterocycles. The Morgan fingerprint density at radius 2 is 1.16 bits per heavy atom. The first-order chi connectivity index (χ1) is 30.2. The van der Waals surface area contributed by atoms with Crippen LogP contribution in [-0.4, -0.2) is 83.2 Å². The Morgan fingerprint density at radius 3 is 1.58 bits per heavy atom. The second kappa shape index (κ2) is 18.8. The lowest BCUT2D eigenvalue weighted by Gasteiger charge is -2.25. The molecule has 4 heterocycles. The topological polar surface area (TPSA) is 196 Å². The number of carbonyl (C=O) groups is 2. The Labute approximate surface area is 382 Å². The Hall–Kier alpha value is -5.06. The number of nitrogens with zero attached hydrogens (tertiary/aromatic N) is 4. The van der Waals surface area contributed by atoms with Crippen molar-refractivity contribution in [2.24, 2.45) is 0 Å². The van der Waals surface area contributed by atoms with Crippen molar-refractivity contribution >= 4 is 78.4 Å². The van der Waals surface area contributed by atoms with Gasteiger partial charge in [0.2, 0.25) is 11.8 Å². The summed E-state index contributed by atoms with van der Waals surface area (Å²) < 4.78 is 117. The second-order valence-electron chi connectivity index (χ2n) is 14.3. The first-order valence-electron chi connectivity index (χ1n) is 18.7. The highest BCUT2D eigenvalue weighted by molar-refractivity contribution is 7.89. The third kappa shape index (κ3) is 9.93. The molecular weight excluding hydrogens is 972 g/mol. The number of sulfonamides is 1. The van der Waals surface area contributed by atoms with Crippen LogP contribution in [0.2, 0.25) is 20.1 Å². The number of nitrogens with one attached hydrogen (secondary N) is 3. The lowest BCUT2D eigenvalue weighted by molar-refractivity contribution is -0.122. The summed E-state index contributed by atoms with van der Waals surface area (Å²) in [5.41, 5.74) is 1.78. The number of carbonyl (C=O) groups excluding carboxylic acids is 2. The van der Waals surface area contributed by atoms with E-state index < -0.39 is 72.2 Å². The number of H-pyrrole nitrogens is 1. The number of amides is 2. The fourth-order valence-corrected chi connectivity index (χ4v) is 9.97. The zero-order valence-electron chi connectivity index (χ0n) is 32.4. The molecule has 24 heteroatoms. The minimum absolute atomic E-state index is 0.0487. The van der Waals surface area contributed by atoms with Crippen LogP contribution in [0.3, 0.4) is 0 Å². The fraction of sp³-hybridized carbons (Fsp3) is 0.200. The Balaban J connectivity index is 0.000000191. The van der Waals surface area contributed by atoms with E-state index in [2.05, 4.69) is 25.6 Å². The van der Waals surface area contributed by atoms with Crippen molar-refractivity contribution in [3.8, 4) is 0 Å². The van der Waals surface area contributed by atoms with Crippen molar-refractivity contribution in [1.29, 1.82) is 0 Å². The lowest BCUT2D eigenvalue weighted by Crippen LogP contribution is -2.49. The summed E-state index contributed by atoms with van der Waals surface area (Å²) in [5, 5.41) is 3.79. The predicted octanol–water partition coefficient (Wildman–Crippen LogP) is 7.25. The van der Waals surface area contributed by atoms with Crippen LogP contribution in [0.15, 0.2) is 95.2 Å². The van der Waals surface area contributed by atoms with Gasteiger partial charge in [0, 0.05) is 26.1 Å². The van der Waals surface area contributed by atoms with Crippen LogP contribution in [0.4, 0.5) is 17.6 Å². The van der Waals surface area contributed by atoms with Crippen LogP contribution >= 0.6 is 46.4 Å². The van der Waals surface area contributed by atoms with Gasteiger partial charge in [-0.15, -0.1) is 0 Å². The molecule has 4 aromatic carbocycles. The van der Waals surface area contributed by atoms with Crippen molar-refractivity contribution in [2.45, 2.75) is 34.4 Å². The molecular formula is C40H31Cl4F4N7O7S2. The number of imidazole rings is 2. The molecule has 1 unspecified atom stereocenters. The summed E-state index contributed by atoms with van der Waals surface area (Å²) in [6, 6.07) is 15.1. The fourth-order valence-electron chi connectivity index (χ4n) is 7.23. The van der Waals surface area contributed by atoms with E-state index in [1.807, 2.05) is 0 Å². The van der Waals surface area contributed by atoms with Gasteiger partial charge in [-0.25, -0.2) is 35.9 Å². The van der Waals surface area contributed by atoms with E-state index in [1.165, 1.54) is 65.2 Å². The summed E-state index contributed by atoms with van der Waals surface area (Å²) in [6.45, 7) is 0.115. The van der Waals surface area contributed by atoms with Gasteiger partial charge in [-0.2, -0.15) is 12.7 Å². The van der Waals surface area contributed by atoms with Crippen molar-refractivity contribution in [2.75, 3.05) is 26.2 Å². The third-order valence-corrected chi connectivity index (χ3v) is 14.0. The standard InChI is InChI=1S/C20H16Cl2F2N4O3S.C20H15Cl2F2N3O4S/c21-13-7-11(1-3-15(13)23)19(12-2-4-16(24)14(22)8-12)20-26-9-18(27-20)32(30,31)28-6-5-25-17(29)10-28;21-13-5-10(1-3-15(13)23)19(11-2-4-16(24)14(22)6-11)20-26-9-18(32(29,30)31)27(20)12-7-17(28)25-8-12/h1-4,7-9,19H,5-6,10H2,(H,25,29)(H,26,27);1-6,9,12,19H,7-8H2,(H,25,28)(H,29,30,31). The summed E-state index contributed by atoms with van der Waals surface area (Å²) in [5.74, 6) is -4.62. The third-order valence-electron chi connectivity index (χ3n) is 10.2. The minimum atomic E-state index is -4.71. The van der Waals surface area contributed by atoms with Crippen LogP contribution < -0.4 is 10.6 Å². The van der Waals surface area contributed by atoms with Gasteiger partial charge in [0.05, 0.1) is 56.9 Å². The normalized spacial score (nSPS) is 15.9. The van der Waals surface area contributed by atoms with Gasteiger partial charge in [0.25, 0.3) is 10.0 Å². The van der Waals surface area contributed by atoms with E-state index in [-0.39, 0.29) is 75.3 Å². The Kier molecular flexibility index (Phi) is 13.8. The summed E-state index contributed by atoms with van der Waals surface area (Å²) in [7, 11) is -8.73. The molecule has 336 valence electrons. The summed E-state index contributed by atoms with van der Waals surface area (Å²) in [6.07, 6.45) is 2.06. The monoisotopic (exact) mass is 1000 g/mol. The predicted molar refractivity (Wildman–Crippen MR) is 227 cm³/mol. The molecule has 6 aromatic rings. The number of hydrogen-bond donors (Lipinski definition) is 4. The molecule has 2 aliphatic heterocycles. The molecule has 64 heavy (non-hydrogen) atoms. The van der Waals surface area contributed by atoms with E-state index >= 15 is 0 Å².